The Morgan fingerprint density at radius 1 is 0.524 bits per heavy atom. The molecule has 246 valence electrons. The van der Waals surface area contributed by atoms with Crippen LogP contribution in [-0.2, 0) is 14.3 Å². The molecule has 0 saturated heterocycles. The fourth-order valence-corrected chi connectivity index (χ4v) is 5.55. The molecular formula is C39H72O3. The van der Waals surface area contributed by atoms with Crippen LogP contribution in [0.3, 0.4) is 0 Å². The molecule has 0 radical (unpaired) electrons. The Morgan fingerprint density at radius 3 is 1.43 bits per heavy atom. The third kappa shape index (κ3) is 28.7. The highest BCUT2D eigenvalue weighted by molar-refractivity contribution is 5.99. The van der Waals surface area contributed by atoms with Gasteiger partial charge >= 0.3 is 5.97 Å². The molecule has 0 aromatic heterocycles. The predicted octanol–water partition coefficient (Wildman–Crippen LogP) is 12.8. The first-order valence-corrected chi connectivity index (χ1v) is 18.6. The van der Waals surface area contributed by atoms with E-state index in [1.807, 2.05) is 13.8 Å². The van der Waals surface area contributed by atoms with Gasteiger partial charge in [-0.25, -0.2) is 0 Å². The van der Waals surface area contributed by atoms with Gasteiger partial charge in [-0.05, 0) is 58.8 Å². The molecular weight excluding hydrogens is 516 g/mol. The summed E-state index contributed by atoms with van der Waals surface area (Å²) in [4.78, 5) is 25.6. The number of carbonyl (C=O) groups excluding carboxylic acids is 2. The van der Waals surface area contributed by atoms with Crippen molar-refractivity contribution in [2.45, 2.75) is 207 Å². The van der Waals surface area contributed by atoms with Crippen molar-refractivity contribution in [2.75, 3.05) is 0 Å². The maximum absolute atomic E-state index is 12.9. The van der Waals surface area contributed by atoms with Crippen molar-refractivity contribution in [3.63, 3.8) is 0 Å². The van der Waals surface area contributed by atoms with Gasteiger partial charge in [0.15, 0.2) is 0 Å². The van der Waals surface area contributed by atoms with Crippen LogP contribution in [0.5, 0.6) is 0 Å². The van der Waals surface area contributed by atoms with E-state index in [1.165, 1.54) is 122 Å². The van der Waals surface area contributed by atoms with E-state index in [2.05, 4.69) is 38.2 Å². The van der Waals surface area contributed by atoms with Crippen molar-refractivity contribution in [3.05, 3.63) is 24.3 Å². The van der Waals surface area contributed by atoms with Crippen LogP contribution < -0.4 is 0 Å². The highest BCUT2D eigenvalue weighted by Crippen LogP contribution is 2.20. The molecule has 42 heavy (non-hydrogen) atoms. The maximum atomic E-state index is 12.9. The lowest BCUT2D eigenvalue weighted by Gasteiger charge is -2.17. The third-order valence-electron chi connectivity index (χ3n) is 8.25. The lowest BCUT2D eigenvalue weighted by molar-refractivity contribution is -0.155. The minimum absolute atomic E-state index is 0.0982. The lowest BCUT2D eigenvalue weighted by atomic mass is 9.92. The van der Waals surface area contributed by atoms with Crippen molar-refractivity contribution in [3.8, 4) is 0 Å². The van der Waals surface area contributed by atoms with Crippen molar-refractivity contribution in [1.82, 2.24) is 0 Å². The van der Waals surface area contributed by atoms with Gasteiger partial charge in [-0.15, -0.1) is 0 Å². The van der Waals surface area contributed by atoms with Gasteiger partial charge in [0.1, 0.15) is 11.7 Å². The first-order valence-electron chi connectivity index (χ1n) is 18.6. The number of allylic oxidation sites excluding steroid dienone is 4. The quantitative estimate of drug-likeness (QED) is 0.0340. The molecule has 0 rings (SSSR count). The number of Topliss-reactive ketones (excluding diaryl/α,β-unsaturated/α-hetero) is 1. The number of ether oxygens (including phenoxy) is 1. The van der Waals surface area contributed by atoms with Crippen LogP contribution in [0.1, 0.15) is 201 Å². The van der Waals surface area contributed by atoms with Gasteiger partial charge in [0, 0.05) is 6.42 Å². The topological polar surface area (TPSA) is 43.4 Å². The average molecular weight is 589 g/mol. The van der Waals surface area contributed by atoms with Crippen LogP contribution in [-0.4, -0.2) is 17.9 Å². The first-order chi connectivity index (χ1) is 20.5. The van der Waals surface area contributed by atoms with Gasteiger partial charge < -0.3 is 4.74 Å². The molecule has 0 aromatic rings. The van der Waals surface area contributed by atoms with E-state index in [-0.39, 0.29) is 17.9 Å². The van der Waals surface area contributed by atoms with Crippen molar-refractivity contribution in [2.24, 2.45) is 5.92 Å². The summed E-state index contributed by atoms with van der Waals surface area (Å²) in [5.41, 5.74) is 0. The predicted molar refractivity (Wildman–Crippen MR) is 184 cm³/mol. The molecule has 0 aromatic carbocycles. The number of carbonyl (C=O) groups is 2. The second kappa shape index (κ2) is 32.5. The van der Waals surface area contributed by atoms with Crippen LogP contribution >= 0.6 is 0 Å². The SMILES string of the molecule is CCCCC/C=C\C/C=C\CCCCCCCC(=O)C(CCCCCCCCCCCCCCCC)C(=O)OC(C)C. The second-order valence-electron chi connectivity index (χ2n) is 12.9. The lowest BCUT2D eigenvalue weighted by Crippen LogP contribution is -2.28. The molecule has 1 unspecified atom stereocenters. The molecule has 0 amide bonds. The van der Waals surface area contributed by atoms with Gasteiger partial charge in [0.05, 0.1) is 6.10 Å². The van der Waals surface area contributed by atoms with E-state index in [0.717, 1.165) is 38.5 Å². The van der Waals surface area contributed by atoms with Gasteiger partial charge in [0.25, 0.3) is 0 Å². The van der Waals surface area contributed by atoms with Crippen LogP contribution in [0.15, 0.2) is 24.3 Å². The van der Waals surface area contributed by atoms with Gasteiger partial charge in [0.2, 0.25) is 0 Å². The monoisotopic (exact) mass is 589 g/mol. The molecule has 1 atom stereocenters. The Labute approximate surface area is 263 Å². The average Bonchev–Trinajstić information content (AvgIpc) is 2.96. The Bertz CT molecular complexity index is 648. The summed E-state index contributed by atoms with van der Waals surface area (Å²) in [6.45, 7) is 8.26. The second-order valence-corrected chi connectivity index (χ2v) is 12.9. The third-order valence-corrected chi connectivity index (χ3v) is 8.25. The van der Waals surface area contributed by atoms with Gasteiger partial charge in [-0.3, -0.25) is 9.59 Å². The summed E-state index contributed by atoms with van der Waals surface area (Å²) in [6, 6.07) is 0. The molecule has 0 spiro atoms. The van der Waals surface area contributed by atoms with Crippen LogP contribution in [0.4, 0.5) is 0 Å². The van der Waals surface area contributed by atoms with Crippen molar-refractivity contribution >= 4 is 11.8 Å². The molecule has 3 heteroatoms. The van der Waals surface area contributed by atoms with Crippen LogP contribution in [0.25, 0.3) is 0 Å². The molecule has 3 nitrogen and oxygen atoms in total. The highest BCUT2D eigenvalue weighted by atomic mass is 16.5. The molecule has 0 aliphatic rings. The highest BCUT2D eigenvalue weighted by Gasteiger charge is 2.27. The fraction of sp³-hybridized carbons (Fsp3) is 0.846. The summed E-state index contributed by atoms with van der Waals surface area (Å²) in [5.74, 6) is -0.760. The fourth-order valence-electron chi connectivity index (χ4n) is 5.55. The minimum Gasteiger partial charge on any atom is -0.462 e. The largest absolute Gasteiger partial charge is 0.462 e. The zero-order valence-electron chi connectivity index (χ0n) is 28.8. The number of rotatable bonds is 32. The Balaban J connectivity index is 3.94. The zero-order chi connectivity index (χ0) is 30.9. The molecule has 0 heterocycles. The molecule has 0 aliphatic carbocycles. The smallest absolute Gasteiger partial charge is 0.316 e. The Morgan fingerprint density at radius 2 is 0.929 bits per heavy atom. The number of ketones is 1. The molecule has 0 N–H and O–H groups in total. The Kier molecular flexibility index (Phi) is 31.5. The van der Waals surface area contributed by atoms with Crippen LogP contribution in [0, 0.1) is 5.92 Å². The van der Waals surface area contributed by atoms with E-state index in [9.17, 15) is 9.59 Å². The first kappa shape index (κ1) is 40.6. The number of unbranched alkanes of at least 4 members (excludes halogenated alkanes) is 21. The molecule has 0 fully saturated rings. The summed E-state index contributed by atoms with van der Waals surface area (Å²) >= 11 is 0. The van der Waals surface area contributed by atoms with E-state index in [4.69, 9.17) is 4.74 Å². The Hall–Kier alpha value is -1.38. The van der Waals surface area contributed by atoms with E-state index < -0.39 is 5.92 Å². The van der Waals surface area contributed by atoms with Crippen LogP contribution in [0.2, 0.25) is 0 Å². The number of hydrogen-bond donors (Lipinski definition) is 0. The summed E-state index contributed by atoms with van der Waals surface area (Å²) in [5, 5.41) is 0. The van der Waals surface area contributed by atoms with E-state index in [0.29, 0.717) is 12.8 Å². The van der Waals surface area contributed by atoms with Gasteiger partial charge in [-0.1, -0.05) is 160 Å². The van der Waals surface area contributed by atoms with E-state index in [1.54, 1.807) is 0 Å². The summed E-state index contributed by atoms with van der Waals surface area (Å²) < 4.78 is 5.46. The van der Waals surface area contributed by atoms with Gasteiger partial charge in [-0.2, -0.15) is 0 Å². The number of esters is 1. The molecule has 0 saturated carbocycles. The minimum atomic E-state index is -0.560. The molecule has 0 bridgehead atoms. The molecule has 0 aliphatic heterocycles. The standard InChI is InChI=1S/C39H72O3/c1-5-7-9-11-13-15-17-19-21-23-25-27-29-31-33-35-38(40)37(39(41)42-36(3)4)34-32-30-28-26-24-22-20-18-16-14-12-10-8-6-2/h13,15,19,21,36-37H,5-12,14,16-18,20,22-35H2,1-4H3/b15-13-,21-19-. The summed E-state index contributed by atoms with van der Waals surface area (Å²) in [6.07, 6.45) is 41.4. The van der Waals surface area contributed by atoms with Crippen molar-refractivity contribution in [1.29, 1.82) is 0 Å². The normalized spacial score (nSPS) is 12.6. The maximum Gasteiger partial charge on any atom is 0.316 e. The number of hydrogen-bond acceptors (Lipinski definition) is 3. The van der Waals surface area contributed by atoms with E-state index >= 15 is 0 Å². The summed E-state index contributed by atoms with van der Waals surface area (Å²) in [7, 11) is 0. The zero-order valence-corrected chi connectivity index (χ0v) is 28.8. The van der Waals surface area contributed by atoms with Crippen molar-refractivity contribution < 1.29 is 14.3 Å².